The number of hydrogen-bond acceptors (Lipinski definition) is 6. The number of hydrogen-bond donors (Lipinski definition) is 1. The first-order chi connectivity index (χ1) is 11.7. The summed E-state index contributed by atoms with van der Waals surface area (Å²) in [5.74, 6) is 1.32. The molecule has 1 aromatic heterocycles. The van der Waals surface area contributed by atoms with Crippen molar-refractivity contribution in [3.63, 3.8) is 0 Å². The van der Waals surface area contributed by atoms with Crippen molar-refractivity contribution in [3.05, 3.63) is 35.7 Å². The van der Waals surface area contributed by atoms with Gasteiger partial charge in [0.2, 0.25) is 0 Å². The molecule has 1 atom stereocenters. The maximum atomic E-state index is 9.43. The SMILES string of the molecule is CCC(CO)N1CCN(Cc2noc(-c3ccccc3C)n2)CC1. The number of aromatic nitrogens is 2. The van der Waals surface area contributed by atoms with Crippen LogP contribution in [-0.4, -0.2) is 63.9 Å². The molecule has 24 heavy (non-hydrogen) atoms. The van der Waals surface area contributed by atoms with Crippen LogP contribution in [0.4, 0.5) is 0 Å². The highest BCUT2D eigenvalue weighted by Gasteiger charge is 2.23. The molecule has 0 aliphatic carbocycles. The first-order valence-electron chi connectivity index (χ1n) is 8.67. The lowest BCUT2D eigenvalue weighted by molar-refractivity contribution is 0.0596. The highest BCUT2D eigenvalue weighted by Crippen LogP contribution is 2.21. The number of aliphatic hydroxyl groups is 1. The lowest BCUT2D eigenvalue weighted by Crippen LogP contribution is -2.50. The molecule has 0 spiro atoms. The zero-order chi connectivity index (χ0) is 16.9. The molecule has 3 rings (SSSR count). The van der Waals surface area contributed by atoms with Gasteiger partial charge < -0.3 is 9.63 Å². The van der Waals surface area contributed by atoms with E-state index in [0.717, 1.165) is 49.6 Å². The third kappa shape index (κ3) is 3.83. The van der Waals surface area contributed by atoms with Gasteiger partial charge in [-0.2, -0.15) is 4.98 Å². The zero-order valence-corrected chi connectivity index (χ0v) is 14.5. The number of nitrogens with zero attached hydrogens (tertiary/aromatic N) is 4. The lowest BCUT2D eigenvalue weighted by Gasteiger charge is -2.37. The predicted molar refractivity (Wildman–Crippen MR) is 92.5 cm³/mol. The van der Waals surface area contributed by atoms with Crippen LogP contribution in [0.5, 0.6) is 0 Å². The molecule has 1 aliphatic rings. The van der Waals surface area contributed by atoms with Gasteiger partial charge in [0.25, 0.3) is 5.89 Å². The van der Waals surface area contributed by atoms with E-state index in [9.17, 15) is 5.11 Å². The van der Waals surface area contributed by atoms with Gasteiger partial charge in [-0.05, 0) is 25.0 Å². The van der Waals surface area contributed by atoms with E-state index in [1.807, 2.05) is 31.2 Å². The Morgan fingerprint density at radius 2 is 1.96 bits per heavy atom. The molecule has 1 fully saturated rings. The molecule has 0 amide bonds. The Balaban J connectivity index is 1.58. The summed E-state index contributed by atoms with van der Waals surface area (Å²) < 4.78 is 5.44. The standard InChI is InChI=1S/C18H26N4O2/c1-3-15(13-23)22-10-8-21(9-11-22)12-17-19-18(24-20-17)16-7-5-4-6-14(16)2/h4-7,15,23H,3,8-13H2,1-2H3. The van der Waals surface area contributed by atoms with E-state index >= 15 is 0 Å². The third-order valence-electron chi connectivity index (χ3n) is 4.81. The summed E-state index contributed by atoms with van der Waals surface area (Å²) in [7, 11) is 0. The minimum absolute atomic E-state index is 0.237. The monoisotopic (exact) mass is 330 g/mol. The van der Waals surface area contributed by atoms with Crippen LogP contribution in [0.15, 0.2) is 28.8 Å². The van der Waals surface area contributed by atoms with Crippen LogP contribution in [-0.2, 0) is 6.54 Å². The van der Waals surface area contributed by atoms with Crippen LogP contribution in [0.1, 0.15) is 24.7 Å². The largest absolute Gasteiger partial charge is 0.395 e. The van der Waals surface area contributed by atoms with Gasteiger partial charge in [0, 0.05) is 37.8 Å². The van der Waals surface area contributed by atoms with Crippen molar-refractivity contribution < 1.29 is 9.63 Å². The third-order valence-corrected chi connectivity index (χ3v) is 4.81. The minimum Gasteiger partial charge on any atom is -0.395 e. The van der Waals surface area contributed by atoms with Gasteiger partial charge in [0.15, 0.2) is 5.82 Å². The molecule has 6 heteroatoms. The summed E-state index contributed by atoms with van der Waals surface area (Å²) in [4.78, 5) is 9.26. The summed E-state index contributed by atoms with van der Waals surface area (Å²) in [6.45, 7) is 8.99. The Bertz CT molecular complexity index is 646. The highest BCUT2D eigenvalue weighted by atomic mass is 16.5. The summed E-state index contributed by atoms with van der Waals surface area (Å²) in [5, 5.41) is 13.6. The van der Waals surface area contributed by atoms with Crippen molar-refractivity contribution >= 4 is 0 Å². The van der Waals surface area contributed by atoms with Crippen molar-refractivity contribution in [1.82, 2.24) is 19.9 Å². The molecule has 1 aromatic carbocycles. The summed E-state index contributed by atoms with van der Waals surface area (Å²) in [5.41, 5.74) is 2.13. The molecule has 130 valence electrons. The maximum absolute atomic E-state index is 9.43. The van der Waals surface area contributed by atoms with Crippen LogP contribution in [0.25, 0.3) is 11.5 Å². The van der Waals surface area contributed by atoms with E-state index < -0.39 is 0 Å². The van der Waals surface area contributed by atoms with Gasteiger partial charge in [-0.3, -0.25) is 9.80 Å². The van der Waals surface area contributed by atoms with Crippen molar-refractivity contribution in [2.75, 3.05) is 32.8 Å². The summed E-state index contributed by atoms with van der Waals surface area (Å²) in [6.07, 6.45) is 0.987. The molecule has 1 aliphatic heterocycles. The molecule has 1 saturated heterocycles. The first kappa shape index (κ1) is 17.1. The number of aliphatic hydroxyl groups excluding tert-OH is 1. The topological polar surface area (TPSA) is 65.6 Å². The lowest BCUT2D eigenvalue weighted by atomic mass is 10.1. The van der Waals surface area contributed by atoms with Gasteiger partial charge in [-0.25, -0.2) is 0 Å². The highest BCUT2D eigenvalue weighted by molar-refractivity contribution is 5.57. The quantitative estimate of drug-likeness (QED) is 0.873. The Morgan fingerprint density at radius 1 is 1.21 bits per heavy atom. The molecule has 1 unspecified atom stereocenters. The number of benzene rings is 1. The van der Waals surface area contributed by atoms with E-state index in [4.69, 9.17) is 4.52 Å². The molecular formula is C18H26N4O2. The Kier molecular flexibility index (Phi) is 5.60. The number of piperazine rings is 1. The fourth-order valence-corrected chi connectivity index (χ4v) is 3.23. The van der Waals surface area contributed by atoms with E-state index in [0.29, 0.717) is 12.4 Å². The van der Waals surface area contributed by atoms with Gasteiger partial charge in [-0.1, -0.05) is 30.3 Å². The molecular weight excluding hydrogens is 304 g/mol. The molecule has 0 bridgehead atoms. The first-order valence-corrected chi connectivity index (χ1v) is 8.67. The second-order valence-corrected chi connectivity index (χ2v) is 6.39. The van der Waals surface area contributed by atoms with Crippen molar-refractivity contribution in [2.45, 2.75) is 32.9 Å². The van der Waals surface area contributed by atoms with E-state index in [2.05, 4.69) is 26.9 Å². The van der Waals surface area contributed by atoms with Crippen LogP contribution >= 0.6 is 0 Å². The molecule has 1 N–H and O–H groups in total. The Hall–Kier alpha value is -1.76. The molecule has 0 saturated carbocycles. The smallest absolute Gasteiger partial charge is 0.258 e. The summed E-state index contributed by atoms with van der Waals surface area (Å²) in [6, 6.07) is 8.32. The van der Waals surface area contributed by atoms with E-state index in [1.165, 1.54) is 0 Å². The average molecular weight is 330 g/mol. The van der Waals surface area contributed by atoms with E-state index in [1.54, 1.807) is 0 Å². The van der Waals surface area contributed by atoms with E-state index in [-0.39, 0.29) is 12.6 Å². The average Bonchev–Trinajstić information content (AvgIpc) is 3.06. The zero-order valence-electron chi connectivity index (χ0n) is 14.5. The van der Waals surface area contributed by atoms with Gasteiger partial charge in [-0.15, -0.1) is 0 Å². The molecule has 0 radical (unpaired) electrons. The van der Waals surface area contributed by atoms with Crippen molar-refractivity contribution in [2.24, 2.45) is 0 Å². The fraction of sp³-hybridized carbons (Fsp3) is 0.556. The Morgan fingerprint density at radius 3 is 2.62 bits per heavy atom. The van der Waals surface area contributed by atoms with Gasteiger partial charge in [0.05, 0.1) is 13.2 Å². The van der Waals surface area contributed by atoms with Crippen LogP contribution in [0.3, 0.4) is 0 Å². The Labute approximate surface area is 143 Å². The van der Waals surface area contributed by atoms with Crippen LogP contribution < -0.4 is 0 Å². The fourth-order valence-electron chi connectivity index (χ4n) is 3.23. The van der Waals surface area contributed by atoms with Crippen LogP contribution in [0, 0.1) is 6.92 Å². The predicted octanol–water partition coefficient (Wildman–Crippen LogP) is 1.93. The van der Waals surface area contributed by atoms with Crippen molar-refractivity contribution in [3.8, 4) is 11.5 Å². The van der Waals surface area contributed by atoms with Crippen LogP contribution in [0.2, 0.25) is 0 Å². The summed E-state index contributed by atoms with van der Waals surface area (Å²) >= 11 is 0. The minimum atomic E-state index is 0.237. The molecule has 2 heterocycles. The normalized spacial score (nSPS) is 18.0. The second kappa shape index (κ2) is 7.88. The number of aryl methyl sites for hydroxylation is 1. The molecule has 6 nitrogen and oxygen atoms in total. The van der Waals surface area contributed by atoms with Gasteiger partial charge >= 0.3 is 0 Å². The second-order valence-electron chi connectivity index (χ2n) is 6.39. The van der Waals surface area contributed by atoms with Gasteiger partial charge in [0.1, 0.15) is 0 Å². The van der Waals surface area contributed by atoms with Crippen molar-refractivity contribution in [1.29, 1.82) is 0 Å². The maximum Gasteiger partial charge on any atom is 0.258 e. The number of rotatable bonds is 6. The molecule has 2 aromatic rings.